The van der Waals surface area contributed by atoms with Crippen LogP contribution in [0.15, 0.2) is 40.9 Å². The minimum atomic E-state index is -0.408. The van der Waals surface area contributed by atoms with E-state index in [1.165, 1.54) is 0 Å². The molecule has 9 heteroatoms. The summed E-state index contributed by atoms with van der Waals surface area (Å²) in [5.74, 6) is 1.16. The van der Waals surface area contributed by atoms with Crippen LogP contribution in [-0.2, 0) is 11.8 Å². The third kappa shape index (κ3) is 4.14. The fraction of sp³-hybridized carbons (Fsp3) is 0.250. The maximum atomic E-state index is 11.9. The summed E-state index contributed by atoms with van der Waals surface area (Å²) in [4.78, 5) is 11.9. The number of hydrogen-bond acceptors (Lipinski definition) is 7. The van der Waals surface area contributed by atoms with Gasteiger partial charge >= 0.3 is 6.01 Å². The number of carbonyl (C=O) groups excluding carboxylic acids is 1. The Balaban J connectivity index is 1.53. The number of carbonyl (C=O) groups is 1. The second-order valence-electron chi connectivity index (χ2n) is 4.99. The Labute approximate surface area is 143 Å². The predicted molar refractivity (Wildman–Crippen MR) is 88.2 cm³/mol. The SMILES string of the molecule is CCOc1ccc(OCC(=O)Nc2nnc(-c3ccnn3C)o2)cc1. The molecular formula is C16H17N5O4. The van der Waals surface area contributed by atoms with Gasteiger partial charge in [-0.2, -0.15) is 5.10 Å². The van der Waals surface area contributed by atoms with Crippen LogP contribution < -0.4 is 14.8 Å². The van der Waals surface area contributed by atoms with Crippen LogP contribution in [-0.4, -0.2) is 39.1 Å². The summed E-state index contributed by atoms with van der Waals surface area (Å²) in [6.45, 7) is 2.32. The molecule has 9 nitrogen and oxygen atoms in total. The number of ether oxygens (including phenoxy) is 2. The van der Waals surface area contributed by atoms with Gasteiger partial charge in [-0.1, -0.05) is 5.10 Å². The van der Waals surface area contributed by atoms with E-state index in [1.54, 1.807) is 48.3 Å². The number of anilines is 1. The van der Waals surface area contributed by atoms with E-state index in [-0.39, 0.29) is 18.5 Å². The van der Waals surface area contributed by atoms with Crippen molar-refractivity contribution in [2.75, 3.05) is 18.5 Å². The largest absolute Gasteiger partial charge is 0.494 e. The van der Waals surface area contributed by atoms with Gasteiger partial charge in [0.1, 0.15) is 17.2 Å². The number of aromatic nitrogens is 4. The molecule has 0 atom stereocenters. The van der Waals surface area contributed by atoms with Gasteiger partial charge in [0.15, 0.2) is 6.61 Å². The van der Waals surface area contributed by atoms with Crippen LogP contribution in [0.5, 0.6) is 11.5 Å². The molecule has 25 heavy (non-hydrogen) atoms. The quantitative estimate of drug-likeness (QED) is 0.698. The maximum absolute atomic E-state index is 11.9. The van der Waals surface area contributed by atoms with E-state index < -0.39 is 5.91 Å². The number of aryl methyl sites for hydroxylation is 1. The minimum Gasteiger partial charge on any atom is -0.494 e. The molecule has 3 rings (SSSR count). The zero-order valence-corrected chi connectivity index (χ0v) is 13.8. The van der Waals surface area contributed by atoms with Crippen molar-refractivity contribution in [2.45, 2.75) is 6.92 Å². The fourth-order valence-corrected chi connectivity index (χ4v) is 2.06. The van der Waals surface area contributed by atoms with Crippen molar-refractivity contribution in [3.63, 3.8) is 0 Å². The molecule has 0 fully saturated rings. The van der Waals surface area contributed by atoms with Crippen LogP contribution in [0.4, 0.5) is 6.01 Å². The van der Waals surface area contributed by atoms with Crippen molar-refractivity contribution in [3.8, 4) is 23.1 Å². The average molecular weight is 343 g/mol. The first-order valence-electron chi connectivity index (χ1n) is 7.63. The van der Waals surface area contributed by atoms with Gasteiger partial charge in [0.25, 0.3) is 11.8 Å². The molecule has 130 valence electrons. The van der Waals surface area contributed by atoms with Gasteiger partial charge in [-0.25, -0.2) is 0 Å². The molecule has 0 radical (unpaired) electrons. The summed E-state index contributed by atoms with van der Waals surface area (Å²) < 4.78 is 17.7. The van der Waals surface area contributed by atoms with Crippen LogP contribution in [0, 0.1) is 0 Å². The van der Waals surface area contributed by atoms with Gasteiger partial charge in [0.05, 0.1) is 6.61 Å². The molecule has 1 N–H and O–H groups in total. The monoisotopic (exact) mass is 343 g/mol. The first-order valence-corrected chi connectivity index (χ1v) is 7.63. The molecule has 0 aliphatic rings. The Morgan fingerprint density at radius 1 is 1.16 bits per heavy atom. The highest BCUT2D eigenvalue weighted by Gasteiger charge is 2.14. The number of nitrogens with zero attached hydrogens (tertiary/aromatic N) is 4. The zero-order valence-electron chi connectivity index (χ0n) is 13.8. The van der Waals surface area contributed by atoms with E-state index in [1.807, 2.05) is 6.92 Å². The van der Waals surface area contributed by atoms with Crippen molar-refractivity contribution < 1.29 is 18.7 Å². The summed E-state index contributed by atoms with van der Waals surface area (Å²) in [5.41, 5.74) is 0.652. The van der Waals surface area contributed by atoms with Gasteiger partial charge in [-0.05, 0) is 37.3 Å². The third-order valence-electron chi connectivity index (χ3n) is 3.22. The van der Waals surface area contributed by atoms with Crippen LogP contribution in [0.1, 0.15) is 6.92 Å². The first kappa shape index (κ1) is 16.5. The Kier molecular flexibility index (Phi) is 4.93. The van der Waals surface area contributed by atoms with E-state index in [0.29, 0.717) is 18.1 Å². The summed E-state index contributed by atoms with van der Waals surface area (Å²) in [6, 6.07) is 8.73. The molecule has 0 spiro atoms. The lowest BCUT2D eigenvalue weighted by atomic mass is 10.3. The van der Waals surface area contributed by atoms with Crippen LogP contribution in [0.3, 0.4) is 0 Å². The predicted octanol–water partition coefficient (Wildman–Crippen LogP) is 1.89. The highest BCUT2D eigenvalue weighted by Crippen LogP contribution is 2.19. The van der Waals surface area contributed by atoms with Crippen LogP contribution >= 0.6 is 0 Å². The van der Waals surface area contributed by atoms with E-state index in [9.17, 15) is 4.79 Å². The summed E-state index contributed by atoms with van der Waals surface area (Å²) in [5, 5.41) is 14.2. The van der Waals surface area contributed by atoms with Crippen molar-refractivity contribution in [3.05, 3.63) is 36.5 Å². The second-order valence-corrected chi connectivity index (χ2v) is 4.99. The molecular weight excluding hydrogens is 326 g/mol. The molecule has 1 amide bonds. The first-order chi connectivity index (χ1) is 12.2. The van der Waals surface area contributed by atoms with Gasteiger partial charge in [0.2, 0.25) is 0 Å². The maximum Gasteiger partial charge on any atom is 0.322 e. The van der Waals surface area contributed by atoms with Crippen LogP contribution in [0.2, 0.25) is 0 Å². The van der Waals surface area contributed by atoms with Gasteiger partial charge in [-0.15, -0.1) is 5.10 Å². The Hall–Kier alpha value is -3.36. The van der Waals surface area contributed by atoms with Gasteiger partial charge < -0.3 is 13.9 Å². The molecule has 0 aliphatic carbocycles. The Morgan fingerprint density at radius 2 is 1.88 bits per heavy atom. The summed E-state index contributed by atoms with van der Waals surface area (Å²) in [6.07, 6.45) is 1.61. The highest BCUT2D eigenvalue weighted by molar-refractivity contribution is 5.89. The molecule has 0 saturated heterocycles. The lowest BCUT2D eigenvalue weighted by Crippen LogP contribution is -2.20. The van der Waals surface area contributed by atoms with Gasteiger partial charge in [-0.3, -0.25) is 14.8 Å². The van der Waals surface area contributed by atoms with E-state index in [4.69, 9.17) is 13.9 Å². The molecule has 3 aromatic rings. The Morgan fingerprint density at radius 3 is 2.52 bits per heavy atom. The van der Waals surface area contributed by atoms with Crippen LogP contribution in [0.25, 0.3) is 11.6 Å². The number of hydrogen-bond donors (Lipinski definition) is 1. The fourth-order valence-electron chi connectivity index (χ4n) is 2.06. The van der Waals surface area contributed by atoms with E-state index in [2.05, 4.69) is 20.6 Å². The number of nitrogens with one attached hydrogen (secondary N) is 1. The normalized spacial score (nSPS) is 10.5. The number of rotatable bonds is 7. The summed E-state index contributed by atoms with van der Waals surface area (Å²) >= 11 is 0. The van der Waals surface area contributed by atoms with Crippen molar-refractivity contribution >= 4 is 11.9 Å². The topological polar surface area (TPSA) is 104 Å². The molecule has 0 bridgehead atoms. The molecule has 0 saturated carbocycles. The van der Waals surface area contributed by atoms with E-state index in [0.717, 1.165) is 5.75 Å². The minimum absolute atomic E-state index is 0.00325. The van der Waals surface area contributed by atoms with Crippen molar-refractivity contribution in [1.29, 1.82) is 0 Å². The van der Waals surface area contributed by atoms with E-state index >= 15 is 0 Å². The van der Waals surface area contributed by atoms with Crippen molar-refractivity contribution in [1.82, 2.24) is 20.0 Å². The summed E-state index contributed by atoms with van der Waals surface area (Å²) in [7, 11) is 1.75. The van der Waals surface area contributed by atoms with Crippen molar-refractivity contribution in [2.24, 2.45) is 7.05 Å². The zero-order chi connectivity index (χ0) is 17.6. The standard InChI is InChI=1S/C16H17N5O4/c1-3-23-11-4-6-12(7-5-11)24-10-14(22)18-16-20-19-15(25-16)13-8-9-17-21(13)2/h4-9H,3,10H2,1-2H3,(H,18,20,22). The third-order valence-corrected chi connectivity index (χ3v) is 3.22. The smallest absolute Gasteiger partial charge is 0.322 e. The second kappa shape index (κ2) is 7.47. The molecule has 0 aliphatic heterocycles. The number of amides is 1. The molecule has 2 aromatic heterocycles. The lowest BCUT2D eigenvalue weighted by molar-refractivity contribution is -0.118. The Bertz CT molecular complexity index is 840. The molecule has 2 heterocycles. The molecule has 0 unspecified atom stereocenters. The number of benzene rings is 1. The lowest BCUT2D eigenvalue weighted by Gasteiger charge is -2.07. The average Bonchev–Trinajstić information content (AvgIpc) is 3.23. The van der Waals surface area contributed by atoms with Gasteiger partial charge in [0, 0.05) is 13.2 Å². The molecule has 1 aromatic carbocycles. The highest BCUT2D eigenvalue weighted by atomic mass is 16.5.